The molecular formula is C17H18ClN3O3. The number of anilines is 2. The molecule has 0 saturated heterocycles. The maximum absolute atomic E-state index is 12.3. The fourth-order valence-electron chi connectivity index (χ4n) is 2.11. The molecule has 0 radical (unpaired) electrons. The molecule has 6 nitrogen and oxygen atoms in total. The lowest BCUT2D eigenvalue weighted by molar-refractivity contribution is -0.116. The third-order valence-corrected chi connectivity index (χ3v) is 3.70. The van der Waals surface area contributed by atoms with E-state index in [1.807, 2.05) is 6.07 Å². The third kappa shape index (κ3) is 4.17. The van der Waals surface area contributed by atoms with Gasteiger partial charge in [-0.3, -0.25) is 9.59 Å². The minimum absolute atomic E-state index is 0.194. The number of carbonyl (C=O) groups is 2. The van der Waals surface area contributed by atoms with E-state index >= 15 is 0 Å². The van der Waals surface area contributed by atoms with Gasteiger partial charge in [-0.2, -0.15) is 0 Å². The number of nitrogens with one attached hydrogen (secondary N) is 2. The molecule has 0 aromatic heterocycles. The smallest absolute Gasteiger partial charge is 0.250 e. The third-order valence-electron chi connectivity index (χ3n) is 3.37. The second kappa shape index (κ2) is 7.70. The Morgan fingerprint density at radius 1 is 1.21 bits per heavy atom. The van der Waals surface area contributed by atoms with Crippen molar-refractivity contribution in [3.05, 3.63) is 53.1 Å². The molecule has 0 saturated carbocycles. The van der Waals surface area contributed by atoms with Crippen molar-refractivity contribution in [2.45, 2.75) is 13.0 Å². The van der Waals surface area contributed by atoms with Gasteiger partial charge in [0.15, 0.2) is 0 Å². The van der Waals surface area contributed by atoms with E-state index in [0.29, 0.717) is 17.1 Å². The number of rotatable bonds is 6. The highest BCUT2D eigenvalue weighted by Gasteiger charge is 2.16. The predicted molar refractivity (Wildman–Crippen MR) is 94.7 cm³/mol. The Kier molecular flexibility index (Phi) is 5.65. The van der Waals surface area contributed by atoms with Crippen LogP contribution in [0.3, 0.4) is 0 Å². The van der Waals surface area contributed by atoms with Gasteiger partial charge in [0.25, 0.3) is 0 Å². The van der Waals surface area contributed by atoms with Crippen LogP contribution < -0.4 is 21.1 Å². The van der Waals surface area contributed by atoms with Crippen LogP contribution >= 0.6 is 11.6 Å². The van der Waals surface area contributed by atoms with Crippen LogP contribution in [0.2, 0.25) is 5.02 Å². The Morgan fingerprint density at radius 3 is 2.58 bits per heavy atom. The van der Waals surface area contributed by atoms with Crippen molar-refractivity contribution in [3.63, 3.8) is 0 Å². The number of nitrogens with two attached hydrogens (primary N) is 1. The Hall–Kier alpha value is -2.73. The SMILES string of the molecule is COc1ccccc1NC(=O)[C@@H](C)Nc1ccc(Cl)c(C(N)=O)c1. The van der Waals surface area contributed by atoms with Gasteiger partial charge in [0, 0.05) is 5.69 Å². The highest BCUT2D eigenvalue weighted by molar-refractivity contribution is 6.33. The van der Waals surface area contributed by atoms with Crippen LogP contribution in [0, 0.1) is 0 Å². The lowest BCUT2D eigenvalue weighted by Crippen LogP contribution is -2.32. The van der Waals surface area contributed by atoms with Gasteiger partial charge in [-0.15, -0.1) is 0 Å². The van der Waals surface area contributed by atoms with Crippen molar-refractivity contribution in [3.8, 4) is 5.75 Å². The van der Waals surface area contributed by atoms with Crippen LogP contribution in [0.4, 0.5) is 11.4 Å². The second-order valence-electron chi connectivity index (χ2n) is 5.11. The van der Waals surface area contributed by atoms with E-state index in [1.54, 1.807) is 37.3 Å². The van der Waals surface area contributed by atoms with Gasteiger partial charge in [0.1, 0.15) is 11.8 Å². The first-order valence-electron chi connectivity index (χ1n) is 7.22. The first-order valence-corrected chi connectivity index (χ1v) is 7.60. The molecule has 0 aliphatic rings. The van der Waals surface area contributed by atoms with Crippen molar-refractivity contribution in [2.75, 3.05) is 17.7 Å². The molecule has 4 N–H and O–H groups in total. The van der Waals surface area contributed by atoms with Gasteiger partial charge < -0.3 is 21.1 Å². The summed E-state index contributed by atoms with van der Waals surface area (Å²) in [5.41, 5.74) is 6.60. The van der Waals surface area contributed by atoms with E-state index in [-0.39, 0.29) is 16.5 Å². The summed E-state index contributed by atoms with van der Waals surface area (Å²) >= 11 is 5.91. The Morgan fingerprint density at radius 2 is 1.92 bits per heavy atom. The molecule has 2 rings (SSSR count). The first-order chi connectivity index (χ1) is 11.4. The van der Waals surface area contributed by atoms with Crippen molar-refractivity contribution < 1.29 is 14.3 Å². The molecule has 1 atom stereocenters. The van der Waals surface area contributed by atoms with Gasteiger partial charge in [-0.05, 0) is 37.3 Å². The number of amides is 2. The number of para-hydroxylation sites is 2. The molecule has 0 bridgehead atoms. The summed E-state index contributed by atoms with van der Waals surface area (Å²) in [5.74, 6) is -0.314. The number of primary amides is 1. The van der Waals surface area contributed by atoms with Crippen molar-refractivity contribution in [2.24, 2.45) is 5.73 Å². The van der Waals surface area contributed by atoms with Gasteiger partial charge in [0.2, 0.25) is 11.8 Å². The molecule has 24 heavy (non-hydrogen) atoms. The molecule has 126 valence electrons. The molecule has 2 amide bonds. The summed E-state index contributed by atoms with van der Waals surface area (Å²) in [6, 6.07) is 11.3. The number of methoxy groups -OCH3 is 1. The van der Waals surface area contributed by atoms with Crippen LogP contribution in [0.15, 0.2) is 42.5 Å². The topological polar surface area (TPSA) is 93.4 Å². The number of hydrogen-bond donors (Lipinski definition) is 3. The zero-order chi connectivity index (χ0) is 17.7. The monoisotopic (exact) mass is 347 g/mol. The second-order valence-corrected chi connectivity index (χ2v) is 5.52. The van der Waals surface area contributed by atoms with Gasteiger partial charge in [-0.1, -0.05) is 23.7 Å². The summed E-state index contributed by atoms with van der Waals surface area (Å²) in [4.78, 5) is 23.6. The molecular weight excluding hydrogens is 330 g/mol. The minimum atomic E-state index is -0.630. The van der Waals surface area contributed by atoms with E-state index in [0.717, 1.165) is 0 Å². The molecule has 0 aliphatic heterocycles. The Bertz CT molecular complexity index is 764. The van der Waals surface area contributed by atoms with Gasteiger partial charge in [-0.25, -0.2) is 0 Å². The van der Waals surface area contributed by atoms with Crippen molar-refractivity contribution in [1.82, 2.24) is 0 Å². The number of carbonyl (C=O) groups excluding carboxylic acids is 2. The lowest BCUT2D eigenvalue weighted by atomic mass is 10.1. The molecule has 0 spiro atoms. The summed E-state index contributed by atoms with van der Waals surface area (Å²) < 4.78 is 5.20. The molecule has 0 fully saturated rings. The van der Waals surface area contributed by atoms with Crippen LogP contribution in [0.5, 0.6) is 5.75 Å². The fraction of sp³-hybridized carbons (Fsp3) is 0.176. The normalized spacial score (nSPS) is 11.5. The van der Waals surface area contributed by atoms with Gasteiger partial charge in [0.05, 0.1) is 23.4 Å². The lowest BCUT2D eigenvalue weighted by Gasteiger charge is -2.17. The van der Waals surface area contributed by atoms with E-state index in [9.17, 15) is 9.59 Å². The fourth-order valence-corrected chi connectivity index (χ4v) is 2.32. The van der Waals surface area contributed by atoms with E-state index in [4.69, 9.17) is 22.1 Å². The average Bonchev–Trinajstić information content (AvgIpc) is 2.56. The maximum atomic E-state index is 12.3. The van der Waals surface area contributed by atoms with Crippen LogP contribution in [-0.2, 0) is 4.79 Å². The number of ether oxygens (including phenoxy) is 1. The molecule has 2 aromatic rings. The summed E-state index contributed by atoms with van der Waals surface area (Å²) in [6.07, 6.45) is 0. The van der Waals surface area contributed by atoms with Gasteiger partial charge >= 0.3 is 0 Å². The summed E-state index contributed by atoms with van der Waals surface area (Å²) in [7, 11) is 1.53. The first kappa shape index (κ1) is 17.6. The molecule has 0 unspecified atom stereocenters. The highest BCUT2D eigenvalue weighted by Crippen LogP contribution is 2.24. The number of benzene rings is 2. The number of hydrogen-bond acceptors (Lipinski definition) is 4. The van der Waals surface area contributed by atoms with Crippen LogP contribution in [0.25, 0.3) is 0 Å². The van der Waals surface area contributed by atoms with Crippen molar-refractivity contribution in [1.29, 1.82) is 0 Å². The minimum Gasteiger partial charge on any atom is -0.495 e. The van der Waals surface area contributed by atoms with E-state index in [2.05, 4.69) is 10.6 Å². The Balaban J connectivity index is 2.09. The molecule has 0 aliphatic carbocycles. The van der Waals surface area contributed by atoms with E-state index < -0.39 is 11.9 Å². The highest BCUT2D eigenvalue weighted by atomic mass is 35.5. The zero-order valence-electron chi connectivity index (χ0n) is 13.3. The maximum Gasteiger partial charge on any atom is 0.250 e. The average molecular weight is 348 g/mol. The molecule has 0 heterocycles. The summed E-state index contributed by atoms with van der Waals surface area (Å²) in [6.45, 7) is 1.70. The quantitative estimate of drug-likeness (QED) is 0.749. The van der Waals surface area contributed by atoms with Crippen LogP contribution in [-0.4, -0.2) is 25.0 Å². The predicted octanol–water partition coefficient (Wildman–Crippen LogP) is 2.89. The largest absolute Gasteiger partial charge is 0.495 e. The Labute approximate surface area is 144 Å². The summed E-state index contributed by atoms with van der Waals surface area (Å²) in [5, 5.41) is 6.05. The molecule has 7 heteroatoms. The zero-order valence-corrected chi connectivity index (χ0v) is 14.1. The number of halogens is 1. The molecule has 2 aromatic carbocycles. The van der Waals surface area contributed by atoms with Crippen molar-refractivity contribution >= 4 is 34.8 Å². The van der Waals surface area contributed by atoms with E-state index in [1.165, 1.54) is 13.2 Å². The standard InChI is InChI=1S/C17H18ClN3O3/c1-10(17(23)21-14-5-3-4-6-15(14)24-2)20-11-7-8-13(18)12(9-11)16(19)22/h3-10,20H,1-2H3,(H2,19,22)(H,21,23)/t10-/m1/s1. The van der Waals surface area contributed by atoms with Crippen LogP contribution in [0.1, 0.15) is 17.3 Å².